The van der Waals surface area contributed by atoms with Gasteiger partial charge >= 0.3 is 0 Å². The van der Waals surface area contributed by atoms with Gasteiger partial charge < -0.3 is 10.5 Å². The summed E-state index contributed by atoms with van der Waals surface area (Å²) < 4.78 is 5.19. The first-order valence-electron chi connectivity index (χ1n) is 5.69. The highest BCUT2D eigenvalue weighted by Crippen LogP contribution is 2.19. The summed E-state index contributed by atoms with van der Waals surface area (Å²) in [7, 11) is 1.69. The zero-order valence-electron chi connectivity index (χ0n) is 10.2. The Balaban J connectivity index is 2.34. The summed E-state index contributed by atoms with van der Waals surface area (Å²) in [5.74, 6) is 0.857. The van der Waals surface area contributed by atoms with E-state index in [0.717, 1.165) is 23.3 Å². The molecule has 90 valence electrons. The zero-order valence-corrected chi connectivity index (χ0v) is 10.2. The van der Waals surface area contributed by atoms with Crippen molar-refractivity contribution in [2.24, 2.45) is 21.9 Å². The van der Waals surface area contributed by atoms with E-state index in [1.54, 1.807) is 7.11 Å². The van der Waals surface area contributed by atoms with Crippen LogP contribution in [0.4, 0.5) is 0 Å². The summed E-state index contributed by atoms with van der Waals surface area (Å²) in [5.41, 5.74) is 8.96. The lowest BCUT2D eigenvalue weighted by molar-refractivity contribution is 0.184. The number of hydrogen-bond donors (Lipinski definition) is 1. The third-order valence-corrected chi connectivity index (χ3v) is 2.92. The van der Waals surface area contributed by atoms with Crippen molar-refractivity contribution in [3.8, 4) is 0 Å². The highest BCUT2D eigenvalue weighted by atomic mass is 16.5. The van der Waals surface area contributed by atoms with E-state index in [4.69, 9.17) is 10.5 Å². The number of benzene rings is 1. The second-order valence-corrected chi connectivity index (χ2v) is 4.27. The molecule has 0 amide bonds. The van der Waals surface area contributed by atoms with Gasteiger partial charge in [-0.1, -0.05) is 31.2 Å². The first-order valence-corrected chi connectivity index (χ1v) is 5.69. The first-order chi connectivity index (χ1) is 8.22. The number of ether oxygens (including phenoxy) is 1. The topological polar surface area (TPSA) is 60.0 Å². The fourth-order valence-electron chi connectivity index (χ4n) is 1.90. The lowest BCUT2D eigenvalue weighted by atomic mass is 9.94. The maximum absolute atomic E-state index is 5.73. The van der Waals surface area contributed by atoms with Crippen molar-refractivity contribution < 1.29 is 4.74 Å². The Hall–Kier alpha value is -1.68. The minimum atomic E-state index is 0.248. The van der Waals surface area contributed by atoms with Crippen LogP contribution in [0.25, 0.3) is 0 Å². The van der Waals surface area contributed by atoms with Gasteiger partial charge in [0.05, 0.1) is 12.3 Å². The van der Waals surface area contributed by atoms with E-state index in [1.165, 1.54) is 0 Å². The predicted molar refractivity (Wildman–Crippen MR) is 69.1 cm³/mol. The molecule has 4 heteroatoms. The Bertz CT molecular complexity index is 465. The fraction of sp³-hybridized carbons (Fsp3) is 0.385. The van der Waals surface area contributed by atoms with Gasteiger partial charge in [-0.3, -0.25) is 0 Å². The van der Waals surface area contributed by atoms with Gasteiger partial charge in [0.25, 0.3) is 0 Å². The van der Waals surface area contributed by atoms with Gasteiger partial charge in [-0.2, -0.15) is 5.10 Å². The molecule has 1 heterocycles. The fourth-order valence-corrected chi connectivity index (χ4v) is 1.90. The second kappa shape index (κ2) is 5.10. The molecule has 0 bridgehead atoms. The molecule has 1 unspecified atom stereocenters. The lowest BCUT2D eigenvalue weighted by Crippen LogP contribution is -2.27. The van der Waals surface area contributed by atoms with Gasteiger partial charge in [-0.15, -0.1) is 5.10 Å². The minimum absolute atomic E-state index is 0.248. The Morgan fingerprint density at radius 1 is 1.35 bits per heavy atom. The van der Waals surface area contributed by atoms with Crippen LogP contribution in [0, 0.1) is 5.92 Å². The van der Waals surface area contributed by atoms with E-state index in [2.05, 4.69) is 23.2 Å². The summed E-state index contributed by atoms with van der Waals surface area (Å²) in [6.45, 7) is 2.65. The predicted octanol–water partition coefficient (Wildman–Crippen LogP) is 1.93. The molecule has 2 N–H and O–H groups in total. The number of methoxy groups -OCH3 is 1. The van der Waals surface area contributed by atoms with Crippen LogP contribution in [0.2, 0.25) is 0 Å². The van der Waals surface area contributed by atoms with E-state index in [-0.39, 0.29) is 5.92 Å². The molecule has 0 saturated heterocycles. The van der Waals surface area contributed by atoms with Gasteiger partial charge in [-0.25, -0.2) is 0 Å². The Morgan fingerprint density at radius 3 is 2.82 bits per heavy atom. The maximum atomic E-state index is 5.73. The maximum Gasteiger partial charge on any atom is 0.125 e. The SMILES string of the molecule is COCc1ccccc1C1=NN=C(N)C(C)C1. The van der Waals surface area contributed by atoms with E-state index in [1.807, 2.05) is 18.2 Å². The molecule has 0 aliphatic carbocycles. The summed E-state index contributed by atoms with van der Waals surface area (Å²) in [4.78, 5) is 0. The monoisotopic (exact) mass is 231 g/mol. The molecule has 1 aromatic carbocycles. The zero-order chi connectivity index (χ0) is 12.3. The Labute approximate surface area is 101 Å². The highest BCUT2D eigenvalue weighted by molar-refractivity contribution is 6.05. The largest absolute Gasteiger partial charge is 0.385 e. The van der Waals surface area contributed by atoms with Crippen molar-refractivity contribution in [2.75, 3.05) is 7.11 Å². The molecule has 0 saturated carbocycles. The number of rotatable bonds is 3. The molecule has 1 aliphatic rings. The molecule has 4 nitrogen and oxygen atoms in total. The van der Waals surface area contributed by atoms with Crippen LogP contribution in [0.1, 0.15) is 24.5 Å². The minimum Gasteiger partial charge on any atom is -0.385 e. The van der Waals surface area contributed by atoms with Crippen molar-refractivity contribution in [1.29, 1.82) is 0 Å². The number of nitrogens with zero attached hydrogens (tertiary/aromatic N) is 2. The molecular weight excluding hydrogens is 214 g/mol. The van der Waals surface area contributed by atoms with Crippen molar-refractivity contribution >= 4 is 11.5 Å². The molecule has 2 rings (SSSR count). The molecule has 17 heavy (non-hydrogen) atoms. The Kier molecular flexibility index (Phi) is 3.54. The van der Waals surface area contributed by atoms with Crippen LogP contribution in [0.15, 0.2) is 34.5 Å². The van der Waals surface area contributed by atoms with Crippen molar-refractivity contribution in [2.45, 2.75) is 20.0 Å². The summed E-state index contributed by atoms with van der Waals surface area (Å²) in [5, 5.41) is 8.21. The van der Waals surface area contributed by atoms with Gasteiger partial charge in [0.2, 0.25) is 0 Å². The van der Waals surface area contributed by atoms with Gasteiger partial charge in [0.1, 0.15) is 5.84 Å². The quantitative estimate of drug-likeness (QED) is 0.864. The number of nitrogens with two attached hydrogens (primary N) is 1. The number of amidine groups is 1. The average Bonchev–Trinajstić information content (AvgIpc) is 2.34. The van der Waals surface area contributed by atoms with Crippen LogP contribution in [-0.4, -0.2) is 18.7 Å². The van der Waals surface area contributed by atoms with E-state index in [0.29, 0.717) is 12.4 Å². The van der Waals surface area contributed by atoms with E-state index >= 15 is 0 Å². The molecule has 1 aliphatic heterocycles. The summed E-state index contributed by atoms with van der Waals surface area (Å²) >= 11 is 0. The van der Waals surface area contributed by atoms with Crippen LogP contribution in [-0.2, 0) is 11.3 Å². The molecule has 0 spiro atoms. The third kappa shape index (κ3) is 2.53. The van der Waals surface area contributed by atoms with E-state index < -0.39 is 0 Å². The van der Waals surface area contributed by atoms with Crippen LogP contribution in [0.5, 0.6) is 0 Å². The molecule has 0 aromatic heterocycles. The first kappa shape index (κ1) is 11.8. The lowest BCUT2D eigenvalue weighted by Gasteiger charge is -2.18. The van der Waals surface area contributed by atoms with Crippen molar-refractivity contribution in [1.82, 2.24) is 0 Å². The van der Waals surface area contributed by atoms with Gasteiger partial charge in [0.15, 0.2) is 0 Å². The molecule has 0 fully saturated rings. The average molecular weight is 231 g/mol. The molecule has 1 atom stereocenters. The smallest absolute Gasteiger partial charge is 0.125 e. The second-order valence-electron chi connectivity index (χ2n) is 4.27. The third-order valence-electron chi connectivity index (χ3n) is 2.92. The summed E-state index contributed by atoms with van der Waals surface area (Å²) in [6, 6.07) is 8.11. The molecular formula is C13H17N3O. The van der Waals surface area contributed by atoms with Crippen LogP contribution < -0.4 is 5.73 Å². The normalized spacial score (nSPS) is 19.8. The molecule has 1 aromatic rings. The van der Waals surface area contributed by atoms with Crippen LogP contribution in [0.3, 0.4) is 0 Å². The van der Waals surface area contributed by atoms with E-state index in [9.17, 15) is 0 Å². The number of hydrogen-bond acceptors (Lipinski definition) is 4. The van der Waals surface area contributed by atoms with Crippen molar-refractivity contribution in [3.05, 3.63) is 35.4 Å². The van der Waals surface area contributed by atoms with Gasteiger partial charge in [0, 0.05) is 25.0 Å². The molecule has 0 radical (unpaired) electrons. The van der Waals surface area contributed by atoms with Gasteiger partial charge in [-0.05, 0) is 5.56 Å². The van der Waals surface area contributed by atoms with Crippen LogP contribution >= 0.6 is 0 Å². The highest BCUT2D eigenvalue weighted by Gasteiger charge is 2.18. The Morgan fingerprint density at radius 2 is 2.12 bits per heavy atom. The van der Waals surface area contributed by atoms with Crippen molar-refractivity contribution in [3.63, 3.8) is 0 Å². The summed E-state index contributed by atoms with van der Waals surface area (Å²) in [6.07, 6.45) is 0.829. The standard InChI is InChI=1S/C13H17N3O/c1-9-7-12(15-16-13(9)14)11-6-4-3-5-10(11)8-17-2/h3-6,9H,7-8H2,1-2H3,(H2,14,16).